The number of amides is 1. The molecule has 0 radical (unpaired) electrons. The highest BCUT2D eigenvalue weighted by molar-refractivity contribution is 7.99. The third-order valence-corrected chi connectivity index (χ3v) is 5.07. The average Bonchev–Trinajstić information content (AvgIpc) is 2.90. The van der Waals surface area contributed by atoms with Crippen molar-refractivity contribution in [2.45, 2.75) is 18.1 Å². The number of hydrogen-bond acceptors (Lipinski definition) is 5. The van der Waals surface area contributed by atoms with Crippen LogP contribution in [0.3, 0.4) is 0 Å². The number of anilines is 1. The maximum absolute atomic E-state index is 13.4. The molecule has 1 aliphatic rings. The smallest absolute Gasteiger partial charge is 0.321 e. The Kier molecular flexibility index (Phi) is 5.34. The molecule has 146 valence electrons. The summed E-state index contributed by atoms with van der Waals surface area (Å²) in [4.78, 5) is 16.5. The van der Waals surface area contributed by atoms with Gasteiger partial charge in [-0.2, -0.15) is 8.78 Å². The summed E-state index contributed by atoms with van der Waals surface area (Å²) in [5.74, 6) is 0.829. The number of hydrogen-bond donors (Lipinski definition) is 1. The SMILES string of the molecule is O=C(CSc1nc2ccccc2n1C(F)F)Nc1ccc2c(c1)OCCCO2. The lowest BCUT2D eigenvalue weighted by Crippen LogP contribution is -2.14. The van der Waals surface area contributed by atoms with Crippen LogP contribution in [0.25, 0.3) is 11.0 Å². The lowest BCUT2D eigenvalue weighted by molar-refractivity contribution is -0.113. The van der Waals surface area contributed by atoms with Crippen LogP contribution in [0.2, 0.25) is 0 Å². The first kappa shape index (κ1) is 18.5. The Morgan fingerprint density at radius 2 is 1.96 bits per heavy atom. The third-order valence-electron chi connectivity index (χ3n) is 4.12. The Labute approximate surface area is 163 Å². The molecule has 1 aromatic heterocycles. The van der Waals surface area contributed by atoms with Crippen molar-refractivity contribution in [2.75, 3.05) is 24.3 Å². The number of halogens is 2. The molecular formula is C19H17F2N3O3S. The number of imidazole rings is 1. The maximum atomic E-state index is 13.4. The van der Waals surface area contributed by atoms with Crippen LogP contribution in [0.1, 0.15) is 13.0 Å². The largest absolute Gasteiger partial charge is 0.490 e. The fraction of sp³-hybridized carbons (Fsp3) is 0.263. The first-order chi connectivity index (χ1) is 13.6. The van der Waals surface area contributed by atoms with Gasteiger partial charge in [-0.3, -0.25) is 9.36 Å². The van der Waals surface area contributed by atoms with E-state index in [1.54, 1.807) is 42.5 Å². The molecule has 0 aliphatic carbocycles. The van der Waals surface area contributed by atoms with Crippen LogP contribution in [0.15, 0.2) is 47.6 Å². The second-order valence-electron chi connectivity index (χ2n) is 6.08. The van der Waals surface area contributed by atoms with Crippen LogP contribution < -0.4 is 14.8 Å². The van der Waals surface area contributed by atoms with E-state index in [-0.39, 0.29) is 16.8 Å². The van der Waals surface area contributed by atoms with Crippen LogP contribution in [-0.4, -0.2) is 34.4 Å². The normalized spacial score (nSPS) is 13.5. The van der Waals surface area contributed by atoms with Gasteiger partial charge in [-0.05, 0) is 24.3 Å². The molecule has 0 spiro atoms. The number of rotatable bonds is 5. The van der Waals surface area contributed by atoms with E-state index in [4.69, 9.17) is 9.47 Å². The fourth-order valence-corrected chi connectivity index (χ4v) is 3.69. The van der Waals surface area contributed by atoms with E-state index in [9.17, 15) is 13.6 Å². The van der Waals surface area contributed by atoms with Gasteiger partial charge in [0, 0.05) is 18.2 Å². The topological polar surface area (TPSA) is 65.4 Å². The number of para-hydroxylation sites is 2. The number of fused-ring (bicyclic) bond motifs is 2. The number of thioether (sulfide) groups is 1. The molecule has 1 N–H and O–H groups in total. The van der Waals surface area contributed by atoms with Crippen LogP contribution in [-0.2, 0) is 4.79 Å². The molecule has 2 aromatic carbocycles. The Hall–Kier alpha value is -2.81. The summed E-state index contributed by atoms with van der Waals surface area (Å²) >= 11 is 0.964. The zero-order chi connectivity index (χ0) is 19.5. The molecule has 3 aromatic rings. The number of alkyl halides is 2. The summed E-state index contributed by atoms with van der Waals surface area (Å²) in [5.41, 5.74) is 1.36. The van der Waals surface area contributed by atoms with Gasteiger partial charge in [0.2, 0.25) is 5.91 Å². The zero-order valence-corrected chi connectivity index (χ0v) is 15.5. The number of carbonyl (C=O) groups is 1. The molecule has 4 rings (SSSR count). The predicted octanol–water partition coefficient (Wildman–Crippen LogP) is 4.32. The molecule has 28 heavy (non-hydrogen) atoms. The van der Waals surface area contributed by atoms with E-state index in [1.165, 1.54) is 0 Å². The number of nitrogens with zero attached hydrogens (tertiary/aromatic N) is 2. The Morgan fingerprint density at radius 1 is 1.18 bits per heavy atom. The molecule has 0 bridgehead atoms. The van der Waals surface area contributed by atoms with E-state index < -0.39 is 6.55 Å². The van der Waals surface area contributed by atoms with Gasteiger partial charge in [0.1, 0.15) is 0 Å². The van der Waals surface area contributed by atoms with E-state index in [2.05, 4.69) is 10.3 Å². The minimum Gasteiger partial charge on any atom is -0.490 e. The Bertz CT molecular complexity index is 1010. The molecule has 0 unspecified atom stereocenters. The predicted molar refractivity (Wildman–Crippen MR) is 102 cm³/mol. The number of aromatic nitrogens is 2. The molecule has 1 amide bonds. The average molecular weight is 405 g/mol. The van der Waals surface area contributed by atoms with Crippen LogP contribution in [0.5, 0.6) is 11.5 Å². The molecule has 2 heterocycles. The van der Waals surface area contributed by atoms with E-state index in [0.29, 0.717) is 41.4 Å². The van der Waals surface area contributed by atoms with Crippen molar-refractivity contribution in [3.05, 3.63) is 42.5 Å². The molecular weight excluding hydrogens is 388 g/mol. The molecule has 0 fully saturated rings. The van der Waals surface area contributed by atoms with Gasteiger partial charge < -0.3 is 14.8 Å². The van der Waals surface area contributed by atoms with Gasteiger partial charge in [-0.15, -0.1) is 0 Å². The standard InChI is InChI=1S/C19H17F2N3O3S/c20-18(21)24-14-5-2-1-4-13(14)23-19(24)28-11-17(25)22-12-6-7-15-16(10-12)27-9-3-8-26-15/h1-2,4-7,10,18H,3,8-9,11H2,(H,22,25). The highest BCUT2D eigenvalue weighted by Gasteiger charge is 2.19. The summed E-state index contributed by atoms with van der Waals surface area (Å²) in [6.45, 7) is -1.61. The number of ether oxygens (including phenoxy) is 2. The highest BCUT2D eigenvalue weighted by atomic mass is 32.2. The van der Waals surface area contributed by atoms with Crippen molar-refractivity contribution in [1.82, 2.24) is 9.55 Å². The number of carbonyl (C=O) groups excluding carboxylic acids is 1. The summed E-state index contributed by atoms with van der Waals surface area (Å²) in [7, 11) is 0. The minimum atomic E-state index is -2.74. The van der Waals surface area contributed by atoms with Gasteiger partial charge >= 0.3 is 6.55 Å². The number of benzene rings is 2. The zero-order valence-electron chi connectivity index (χ0n) is 14.7. The van der Waals surface area contributed by atoms with Crippen LogP contribution in [0, 0.1) is 0 Å². The maximum Gasteiger partial charge on any atom is 0.321 e. The summed E-state index contributed by atoms with van der Waals surface area (Å²) in [6, 6.07) is 11.8. The molecule has 9 heteroatoms. The van der Waals surface area contributed by atoms with Crippen molar-refractivity contribution in [1.29, 1.82) is 0 Å². The van der Waals surface area contributed by atoms with Crippen molar-refractivity contribution in [3.63, 3.8) is 0 Å². The first-order valence-corrected chi connectivity index (χ1v) is 9.68. The molecule has 0 atom stereocenters. The van der Waals surface area contributed by atoms with Gasteiger partial charge in [-0.25, -0.2) is 4.98 Å². The molecule has 0 saturated heterocycles. The second kappa shape index (κ2) is 8.05. The Balaban J connectivity index is 1.45. The lowest BCUT2D eigenvalue weighted by Gasteiger charge is -2.10. The van der Waals surface area contributed by atoms with Crippen LogP contribution >= 0.6 is 11.8 Å². The second-order valence-corrected chi connectivity index (χ2v) is 7.02. The Morgan fingerprint density at radius 3 is 2.79 bits per heavy atom. The van der Waals surface area contributed by atoms with Crippen LogP contribution in [0.4, 0.5) is 14.5 Å². The minimum absolute atomic E-state index is 0.0511. The molecule has 6 nitrogen and oxygen atoms in total. The third kappa shape index (κ3) is 3.89. The molecule has 0 saturated carbocycles. The van der Waals surface area contributed by atoms with Crippen molar-refractivity contribution in [2.24, 2.45) is 0 Å². The van der Waals surface area contributed by atoms with Crippen molar-refractivity contribution < 1.29 is 23.0 Å². The first-order valence-electron chi connectivity index (χ1n) is 8.69. The van der Waals surface area contributed by atoms with Crippen molar-refractivity contribution >= 4 is 34.4 Å². The monoisotopic (exact) mass is 405 g/mol. The van der Waals surface area contributed by atoms with Gasteiger partial charge in [0.15, 0.2) is 16.7 Å². The lowest BCUT2D eigenvalue weighted by atomic mass is 10.2. The fourth-order valence-electron chi connectivity index (χ4n) is 2.88. The summed E-state index contributed by atoms with van der Waals surface area (Å²) in [5, 5.41) is 2.85. The quantitative estimate of drug-likeness (QED) is 0.641. The van der Waals surface area contributed by atoms with E-state index in [0.717, 1.165) is 22.7 Å². The molecule has 1 aliphatic heterocycles. The van der Waals surface area contributed by atoms with E-state index in [1.807, 2.05) is 0 Å². The van der Waals surface area contributed by atoms with Gasteiger partial charge in [0.25, 0.3) is 0 Å². The van der Waals surface area contributed by atoms with Gasteiger partial charge in [0.05, 0.1) is 30.0 Å². The van der Waals surface area contributed by atoms with E-state index >= 15 is 0 Å². The van der Waals surface area contributed by atoms with Gasteiger partial charge in [-0.1, -0.05) is 23.9 Å². The number of nitrogens with one attached hydrogen (secondary N) is 1. The highest BCUT2D eigenvalue weighted by Crippen LogP contribution is 2.33. The summed E-state index contributed by atoms with van der Waals surface area (Å²) < 4.78 is 38.9. The van der Waals surface area contributed by atoms with Crippen molar-refractivity contribution in [3.8, 4) is 11.5 Å². The summed E-state index contributed by atoms with van der Waals surface area (Å²) in [6.07, 6.45) is 0.790.